The molecule has 1 saturated heterocycles. The first-order valence-corrected chi connectivity index (χ1v) is 8.33. The first-order chi connectivity index (χ1) is 9.66. The van der Waals surface area contributed by atoms with Crippen LogP contribution in [0.5, 0.6) is 0 Å². The van der Waals surface area contributed by atoms with Gasteiger partial charge in [0.1, 0.15) is 0 Å². The molecule has 4 heteroatoms. The molecule has 2 fully saturated rings. The van der Waals surface area contributed by atoms with Crippen molar-refractivity contribution in [2.24, 2.45) is 5.92 Å². The van der Waals surface area contributed by atoms with Gasteiger partial charge in [-0.15, -0.1) is 0 Å². The second-order valence-electron chi connectivity index (χ2n) is 6.73. The number of amides is 1. The summed E-state index contributed by atoms with van der Waals surface area (Å²) in [6.07, 6.45) is 9.74. The van der Waals surface area contributed by atoms with Gasteiger partial charge in [-0.25, -0.2) is 0 Å². The van der Waals surface area contributed by atoms with Crippen LogP contribution in [0.15, 0.2) is 0 Å². The summed E-state index contributed by atoms with van der Waals surface area (Å²) >= 11 is 0. The van der Waals surface area contributed by atoms with E-state index < -0.39 is 0 Å². The molecule has 116 valence electrons. The zero-order valence-electron chi connectivity index (χ0n) is 13.2. The lowest BCUT2D eigenvalue weighted by Gasteiger charge is -2.35. The van der Waals surface area contributed by atoms with Gasteiger partial charge in [0.05, 0.1) is 0 Å². The van der Waals surface area contributed by atoms with E-state index in [2.05, 4.69) is 29.6 Å². The molecule has 1 saturated carbocycles. The fourth-order valence-corrected chi connectivity index (χ4v) is 3.74. The topological polar surface area (TPSA) is 44.4 Å². The molecule has 0 spiro atoms. The van der Waals surface area contributed by atoms with Crippen LogP contribution in [-0.2, 0) is 4.79 Å². The minimum absolute atomic E-state index is 0.215. The summed E-state index contributed by atoms with van der Waals surface area (Å²) in [7, 11) is 4.29. The summed E-state index contributed by atoms with van der Waals surface area (Å²) in [5.74, 6) is 0.968. The molecule has 0 bridgehead atoms. The van der Waals surface area contributed by atoms with Crippen molar-refractivity contribution in [3.05, 3.63) is 0 Å². The fraction of sp³-hybridized carbons (Fsp3) is 0.938. The van der Waals surface area contributed by atoms with Crippen molar-refractivity contribution in [1.82, 2.24) is 15.5 Å². The lowest BCUT2D eigenvalue weighted by Crippen LogP contribution is -2.46. The van der Waals surface area contributed by atoms with Crippen molar-refractivity contribution in [3.8, 4) is 0 Å². The molecule has 0 aromatic heterocycles. The van der Waals surface area contributed by atoms with Crippen LogP contribution in [0.1, 0.15) is 51.4 Å². The summed E-state index contributed by atoms with van der Waals surface area (Å²) in [6.45, 7) is 1.88. The molecule has 1 aliphatic heterocycles. The highest BCUT2D eigenvalue weighted by molar-refractivity contribution is 5.76. The van der Waals surface area contributed by atoms with Crippen LogP contribution in [0.2, 0.25) is 0 Å². The van der Waals surface area contributed by atoms with Gasteiger partial charge in [0.2, 0.25) is 5.91 Å². The molecule has 1 aliphatic carbocycles. The summed E-state index contributed by atoms with van der Waals surface area (Å²) in [6, 6.07) is 0.901. The Labute approximate surface area is 123 Å². The maximum absolute atomic E-state index is 12.0. The summed E-state index contributed by atoms with van der Waals surface area (Å²) < 4.78 is 0. The molecule has 0 radical (unpaired) electrons. The Bertz CT molecular complexity index is 294. The van der Waals surface area contributed by atoms with E-state index in [9.17, 15) is 4.79 Å². The highest BCUT2D eigenvalue weighted by Crippen LogP contribution is 2.28. The number of hydrogen-bond acceptors (Lipinski definition) is 3. The highest BCUT2D eigenvalue weighted by atomic mass is 16.1. The smallest absolute Gasteiger partial charge is 0.221 e. The molecule has 2 atom stereocenters. The molecule has 4 nitrogen and oxygen atoms in total. The van der Waals surface area contributed by atoms with Crippen molar-refractivity contribution in [1.29, 1.82) is 0 Å². The number of carbonyl (C=O) groups excluding carboxylic acids is 1. The molecule has 2 N–H and O–H groups in total. The Kier molecular flexibility index (Phi) is 6.30. The van der Waals surface area contributed by atoms with Crippen LogP contribution in [0.25, 0.3) is 0 Å². The van der Waals surface area contributed by atoms with Gasteiger partial charge in [0.15, 0.2) is 0 Å². The average molecular weight is 281 g/mol. The maximum Gasteiger partial charge on any atom is 0.221 e. The summed E-state index contributed by atoms with van der Waals surface area (Å²) in [5.41, 5.74) is 0. The zero-order chi connectivity index (χ0) is 14.4. The third-order valence-electron chi connectivity index (χ3n) is 4.96. The standard InChI is InChI=1S/C16H31N3O/c1-19(2)15(13-7-4-3-5-8-13)12-18-16(20)11-14-9-6-10-17-14/h13-15,17H,3-12H2,1-2H3,(H,18,20). The van der Waals surface area contributed by atoms with E-state index in [1.807, 2.05) is 0 Å². The van der Waals surface area contributed by atoms with Crippen molar-refractivity contribution >= 4 is 5.91 Å². The van der Waals surface area contributed by atoms with E-state index >= 15 is 0 Å². The summed E-state index contributed by atoms with van der Waals surface area (Å²) in [4.78, 5) is 14.3. The van der Waals surface area contributed by atoms with Crippen molar-refractivity contribution in [2.45, 2.75) is 63.5 Å². The van der Waals surface area contributed by atoms with Crippen LogP contribution in [0.4, 0.5) is 0 Å². The predicted molar refractivity (Wildman–Crippen MR) is 82.7 cm³/mol. The third kappa shape index (κ3) is 4.74. The van der Waals surface area contributed by atoms with Crippen LogP contribution >= 0.6 is 0 Å². The van der Waals surface area contributed by atoms with Gasteiger partial charge in [-0.3, -0.25) is 4.79 Å². The monoisotopic (exact) mass is 281 g/mol. The minimum atomic E-state index is 0.215. The second-order valence-corrected chi connectivity index (χ2v) is 6.73. The van der Waals surface area contributed by atoms with E-state index in [4.69, 9.17) is 0 Å². The molecule has 1 heterocycles. The van der Waals surface area contributed by atoms with E-state index in [1.165, 1.54) is 38.5 Å². The fourth-order valence-electron chi connectivity index (χ4n) is 3.74. The normalized spacial score (nSPS) is 25.9. The quantitative estimate of drug-likeness (QED) is 0.780. The Hall–Kier alpha value is -0.610. The molecule has 1 amide bonds. The van der Waals surface area contributed by atoms with Gasteiger partial charge in [-0.05, 0) is 52.2 Å². The highest BCUT2D eigenvalue weighted by Gasteiger charge is 2.26. The number of likely N-dealkylation sites (N-methyl/N-ethyl adjacent to an activating group) is 1. The Morgan fingerprint density at radius 1 is 1.20 bits per heavy atom. The van der Waals surface area contributed by atoms with Gasteiger partial charge < -0.3 is 15.5 Å². The Morgan fingerprint density at radius 3 is 2.55 bits per heavy atom. The van der Waals surface area contributed by atoms with Crippen molar-refractivity contribution in [2.75, 3.05) is 27.2 Å². The van der Waals surface area contributed by atoms with E-state index in [0.29, 0.717) is 18.5 Å². The van der Waals surface area contributed by atoms with Crippen LogP contribution < -0.4 is 10.6 Å². The minimum Gasteiger partial charge on any atom is -0.354 e. The van der Waals surface area contributed by atoms with Crippen molar-refractivity contribution in [3.63, 3.8) is 0 Å². The second kappa shape index (κ2) is 7.99. The summed E-state index contributed by atoms with van der Waals surface area (Å²) in [5, 5.41) is 6.56. The maximum atomic E-state index is 12.0. The van der Waals surface area contributed by atoms with Crippen molar-refractivity contribution < 1.29 is 4.79 Å². The molecular formula is C16H31N3O. The molecule has 0 aromatic carbocycles. The Balaban J connectivity index is 1.74. The zero-order valence-corrected chi connectivity index (χ0v) is 13.2. The first-order valence-electron chi connectivity index (χ1n) is 8.33. The van der Waals surface area contributed by atoms with Gasteiger partial charge in [0, 0.05) is 25.0 Å². The molecule has 0 aromatic rings. The first kappa shape index (κ1) is 15.8. The molecular weight excluding hydrogens is 250 g/mol. The third-order valence-corrected chi connectivity index (χ3v) is 4.96. The number of nitrogens with zero attached hydrogens (tertiary/aromatic N) is 1. The van der Waals surface area contributed by atoms with Crippen LogP contribution in [0.3, 0.4) is 0 Å². The van der Waals surface area contributed by atoms with Gasteiger partial charge in [-0.1, -0.05) is 19.3 Å². The van der Waals surface area contributed by atoms with E-state index in [1.54, 1.807) is 0 Å². The van der Waals surface area contributed by atoms with Crippen LogP contribution in [0, 0.1) is 5.92 Å². The average Bonchev–Trinajstić information content (AvgIpc) is 2.92. The van der Waals surface area contributed by atoms with E-state index in [-0.39, 0.29) is 5.91 Å². The van der Waals surface area contributed by atoms with Gasteiger partial charge in [-0.2, -0.15) is 0 Å². The van der Waals surface area contributed by atoms with Crippen LogP contribution in [-0.4, -0.2) is 50.1 Å². The molecule has 2 rings (SSSR count). The SMILES string of the molecule is CN(C)C(CNC(=O)CC1CCCN1)C1CCCCC1. The van der Waals surface area contributed by atoms with Gasteiger partial charge >= 0.3 is 0 Å². The number of rotatable bonds is 6. The molecule has 20 heavy (non-hydrogen) atoms. The Morgan fingerprint density at radius 2 is 1.95 bits per heavy atom. The molecule has 2 aliphatic rings. The number of carbonyl (C=O) groups is 1. The lowest BCUT2D eigenvalue weighted by atomic mass is 9.83. The lowest BCUT2D eigenvalue weighted by molar-refractivity contribution is -0.121. The predicted octanol–water partition coefficient (Wildman–Crippen LogP) is 1.76. The number of hydrogen-bond donors (Lipinski definition) is 2. The molecule has 2 unspecified atom stereocenters. The van der Waals surface area contributed by atoms with E-state index in [0.717, 1.165) is 25.4 Å². The van der Waals surface area contributed by atoms with Gasteiger partial charge in [0.25, 0.3) is 0 Å². The largest absolute Gasteiger partial charge is 0.354 e. The number of nitrogens with one attached hydrogen (secondary N) is 2.